The highest BCUT2D eigenvalue weighted by Gasteiger charge is 2.19. The summed E-state index contributed by atoms with van der Waals surface area (Å²) in [5.74, 6) is 0. The Bertz CT molecular complexity index is 3490. The van der Waals surface area contributed by atoms with Gasteiger partial charge in [0.25, 0.3) is 0 Å². The Kier molecular flexibility index (Phi) is 8.82. The third-order valence-electron chi connectivity index (χ3n) is 12.2. The van der Waals surface area contributed by atoms with Gasteiger partial charge in [-0.1, -0.05) is 144 Å². The minimum absolute atomic E-state index is 0.196. The second kappa shape index (κ2) is 14.6. The third-order valence-corrected chi connectivity index (χ3v) is 12.2. The highest BCUT2D eigenvalue weighted by molar-refractivity contribution is 6.68. The lowest BCUT2D eigenvalue weighted by atomic mass is 9.60. The van der Waals surface area contributed by atoms with Gasteiger partial charge in [0.15, 0.2) is 0 Å². The van der Waals surface area contributed by atoms with Crippen LogP contribution < -0.4 is 32.2 Å². The number of hydrogen-bond donors (Lipinski definition) is 0. The monoisotopic (exact) mass is 762 g/mol. The number of benzene rings is 10. The molecule has 0 saturated carbocycles. The fourth-order valence-corrected chi connectivity index (χ4v) is 9.13. The summed E-state index contributed by atoms with van der Waals surface area (Å²) in [6, 6.07) is 67.0. The number of fused-ring (bicyclic) bond motifs is 8. The van der Waals surface area contributed by atoms with Gasteiger partial charge in [0, 0.05) is 38.9 Å². The maximum atomic E-state index is 6.48. The second-order valence-corrected chi connectivity index (χ2v) is 15.7. The summed E-state index contributed by atoms with van der Waals surface area (Å²) in [4.78, 5) is 2.27. The van der Waals surface area contributed by atoms with Crippen LogP contribution in [-0.2, 0) is 0 Å². The first-order chi connectivity index (χ1) is 29.8. The van der Waals surface area contributed by atoms with Gasteiger partial charge < -0.3 is 9.47 Å². The largest absolute Gasteiger partial charge is 0.310 e. The van der Waals surface area contributed by atoms with Gasteiger partial charge in [-0.3, -0.25) is 0 Å². The molecule has 272 valence electrons. The zero-order valence-corrected chi connectivity index (χ0v) is 33.2. The summed E-state index contributed by atoms with van der Waals surface area (Å²) >= 11 is 0. The van der Waals surface area contributed by atoms with Crippen molar-refractivity contribution < 1.29 is 0 Å². The molecular formula is C54H31B5N2. The smallest absolute Gasteiger partial charge is 0.113 e. The molecule has 1 heterocycles. The Morgan fingerprint density at radius 3 is 1.52 bits per heavy atom. The maximum Gasteiger partial charge on any atom is 0.113 e. The number of rotatable bonds is 6. The number of hydrogen-bond acceptors (Lipinski definition) is 1. The van der Waals surface area contributed by atoms with Crippen molar-refractivity contribution in [3.63, 3.8) is 0 Å². The lowest BCUT2D eigenvalue weighted by molar-refractivity contribution is 1.19. The molecule has 0 N–H and O–H groups in total. The van der Waals surface area contributed by atoms with Crippen molar-refractivity contribution in [2.75, 3.05) is 4.90 Å². The molecule has 10 radical (unpaired) electrons. The summed E-state index contributed by atoms with van der Waals surface area (Å²) in [5.41, 5.74) is 11.3. The van der Waals surface area contributed by atoms with Crippen LogP contribution in [0.5, 0.6) is 0 Å². The molecule has 11 rings (SSSR count). The highest BCUT2D eigenvalue weighted by Crippen LogP contribution is 2.41. The van der Waals surface area contributed by atoms with Gasteiger partial charge in [-0.25, -0.2) is 0 Å². The molecule has 2 nitrogen and oxygen atoms in total. The Labute approximate surface area is 361 Å². The van der Waals surface area contributed by atoms with Crippen molar-refractivity contribution in [3.8, 4) is 27.9 Å². The van der Waals surface area contributed by atoms with Crippen molar-refractivity contribution in [2.45, 2.75) is 0 Å². The SMILES string of the molecule is [B]c1c([B])c([B])c(-c2ccc(N(c3ccc(-c4ccc5c6ccc7ccccc7c6n(-c6ccccc6)c5c4)cc3)c3ccc4c(ccc5ccccc54)c3)cc2)c([B])c1[B]. The van der Waals surface area contributed by atoms with Gasteiger partial charge in [0.2, 0.25) is 0 Å². The van der Waals surface area contributed by atoms with Gasteiger partial charge >= 0.3 is 0 Å². The quantitative estimate of drug-likeness (QED) is 0.121. The first-order valence-corrected chi connectivity index (χ1v) is 20.3. The molecule has 0 amide bonds. The fourth-order valence-electron chi connectivity index (χ4n) is 9.13. The van der Waals surface area contributed by atoms with Crippen molar-refractivity contribution in [3.05, 3.63) is 188 Å². The number of para-hydroxylation sites is 1. The number of nitrogens with zero attached hydrogens (tertiary/aromatic N) is 2. The van der Waals surface area contributed by atoms with E-state index in [1.54, 1.807) is 0 Å². The van der Waals surface area contributed by atoms with E-state index in [0.717, 1.165) is 50.3 Å². The molecule has 1 aromatic heterocycles. The van der Waals surface area contributed by atoms with E-state index < -0.39 is 0 Å². The standard InChI is InChI=1S/C54H31B5N2/c55-49-48(50(56)52(58)53(59)51(49)57)35-18-24-40(25-19-35)60(41-26-29-43-37(30-41)15-14-33-8-4-6-12-42(33)43)39-22-16-32(17-23-39)36-21-27-45-46-28-20-34-9-5-7-13-44(34)54(46)61(47(45)31-36)38-10-2-1-3-11-38/h1-31H. The van der Waals surface area contributed by atoms with Crippen LogP contribution in [0, 0.1) is 0 Å². The molecule has 0 spiro atoms. The summed E-state index contributed by atoms with van der Waals surface area (Å²) in [6.07, 6.45) is 0. The van der Waals surface area contributed by atoms with Crippen molar-refractivity contribution >= 4 is 138 Å². The van der Waals surface area contributed by atoms with Crippen LogP contribution in [0.3, 0.4) is 0 Å². The molecule has 61 heavy (non-hydrogen) atoms. The van der Waals surface area contributed by atoms with E-state index in [9.17, 15) is 0 Å². The van der Waals surface area contributed by atoms with Crippen LogP contribution in [0.1, 0.15) is 0 Å². The first-order valence-electron chi connectivity index (χ1n) is 20.3. The van der Waals surface area contributed by atoms with Crippen molar-refractivity contribution in [1.29, 1.82) is 0 Å². The van der Waals surface area contributed by atoms with E-state index in [4.69, 9.17) is 39.2 Å². The topological polar surface area (TPSA) is 8.17 Å². The van der Waals surface area contributed by atoms with E-state index in [1.807, 2.05) is 12.1 Å². The minimum Gasteiger partial charge on any atom is -0.310 e. The van der Waals surface area contributed by atoms with Gasteiger partial charge in [0.1, 0.15) is 39.2 Å². The molecule has 10 aromatic carbocycles. The zero-order valence-electron chi connectivity index (χ0n) is 33.2. The minimum atomic E-state index is 0.196. The summed E-state index contributed by atoms with van der Waals surface area (Å²) in [5, 5.41) is 9.69. The van der Waals surface area contributed by atoms with Crippen LogP contribution in [0.2, 0.25) is 0 Å². The van der Waals surface area contributed by atoms with E-state index in [0.29, 0.717) is 16.5 Å². The lowest BCUT2D eigenvalue weighted by Gasteiger charge is -2.27. The van der Waals surface area contributed by atoms with Gasteiger partial charge in [-0.2, -0.15) is 0 Å². The van der Waals surface area contributed by atoms with E-state index in [2.05, 4.69) is 185 Å². The molecule has 0 saturated heterocycles. The number of anilines is 3. The van der Waals surface area contributed by atoms with E-state index in [-0.39, 0.29) is 16.4 Å². The molecule has 7 heteroatoms. The molecular weight excluding hydrogens is 731 g/mol. The Balaban J connectivity index is 1.04. The molecule has 0 unspecified atom stereocenters. The highest BCUT2D eigenvalue weighted by atomic mass is 15.1. The first kappa shape index (κ1) is 36.9. The molecule has 0 aliphatic heterocycles. The predicted octanol–water partition coefficient (Wildman–Crippen LogP) is 9.02. The van der Waals surface area contributed by atoms with Crippen LogP contribution in [0.15, 0.2) is 188 Å². The summed E-state index contributed by atoms with van der Waals surface area (Å²) < 4.78 is 2.41. The van der Waals surface area contributed by atoms with E-state index >= 15 is 0 Å². The summed E-state index contributed by atoms with van der Waals surface area (Å²) in [6.45, 7) is 0. The van der Waals surface area contributed by atoms with E-state index in [1.165, 1.54) is 43.2 Å². The Morgan fingerprint density at radius 1 is 0.328 bits per heavy atom. The maximum absolute atomic E-state index is 6.48. The zero-order chi connectivity index (χ0) is 41.4. The molecule has 0 aliphatic rings. The van der Waals surface area contributed by atoms with Crippen LogP contribution >= 0.6 is 0 Å². The summed E-state index contributed by atoms with van der Waals surface area (Å²) in [7, 11) is 31.6. The average molecular weight is 762 g/mol. The van der Waals surface area contributed by atoms with Crippen LogP contribution in [0.4, 0.5) is 17.1 Å². The molecule has 0 atom stereocenters. The Hall–Kier alpha value is -7.10. The lowest BCUT2D eigenvalue weighted by Crippen LogP contribution is -2.55. The van der Waals surface area contributed by atoms with Crippen molar-refractivity contribution in [2.24, 2.45) is 0 Å². The fraction of sp³-hybridized carbons (Fsp3) is 0. The Morgan fingerprint density at radius 2 is 0.820 bits per heavy atom. The van der Waals surface area contributed by atoms with Gasteiger partial charge in [0.05, 0.1) is 11.0 Å². The predicted molar refractivity (Wildman–Crippen MR) is 266 cm³/mol. The molecule has 0 aliphatic carbocycles. The van der Waals surface area contributed by atoms with Crippen LogP contribution in [-0.4, -0.2) is 43.8 Å². The van der Waals surface area contributed by atoms with Gasteiger partial charge in [-0.05, 0) is 104 Å². The number of aromatic nitrogens is 1. The van der Waals surface area contributed by atoms with Crippen LogP contribution in [0.25, 0.3) is 82.1 Å². The average Bonchev–Trinajstić information content (AvgIpc) is 3.65. The third kappa shape index (κ3) is 6.02. The normalized spacial score (nSPS) is 11.6. The molecule has 11 aromatic rings. The molecule has 0 fully saturated rings. The van der Waals surface area contributed by atoms with Crippen molar-refractivity contribution in [1.82, 2.24) is 4.57 Å². The van der Waals surface area contributed by atoms with Gasteiger partial charge in [-0.15, -0.1) is 16.4 Å². The molecule has 0 bridgehead atoms. The second-order valence-electron chi connectivity index (χ2n) is 15.7.